The molecule has 25 heavy (non-hydrogen) atoms. The molecule has 0 amide bonds. The van der Waals surface area contributed by atoms with Gasteiger partial charge in [0.25, 0.3) is 0 Å². The molecule has 0 saturated heterocycles. The number of phenols is 3. The smallest absolute Gasteiger partial charge is 0.177 e. The first-order valence-electron chi connectivity index (χ1n) is 8.01. The van der Waals surface area contributed by atoms with E-state index in [-0.39, 0.29) is 39.2 Å². The summed E-state index contributed by atoms with van der Waals surface area (Å²) in [4.78, 5) is 25.2. The summed E-state index contributed by atoms with van der Waals surface area (Å²) in [7, 11) is 0. The van der Waals surface area contributed by atoms with E-state index in [0.717, 1.165) is 0 Å². The first-order chi connectivity index (χ1) is 11.6. The van der Waals surface area contributed by atoms with Crippen LogP contribution in [-0.4, -0.2) is 26.9 Å². The number of phenolic OH excluding ortho intramolecular Hbond substituents is 3. The van der Waals surface area contributed by atoms with E-state index in [1.165, 1.54) is 19.1 Å². The van der Waals surface area contributed by atoms with Gasteiger partial charge in [-0.2, -0.15) is 0 Å². The Bertz CT molecular complexity index is 982. The van der Waals surface area contributed by atoms with Crippen molar-refractivity contribution in [3.63, 3.8) is 0 Å². The molecule has 0 aliphatic heterocycles. The average molecular weight is 340 g/mol. The fourth-order valence-corrected chi connectivity index (χ4v) is 3.74. The van der Waals surface area contributed by atoms with Crippen molar-refractivity contribution in [2.75, 3.05) is 0 Å². The molecule has 0 saturated carbocycles. The summed E-state index contributed by atoms with van der Waals surface area (Å²) in [6, 6.07) is 1.51. The van der Waals surface area contributed by atoms with Crippen molar-refractivity contribution < 1.29 is 24.9 Å². The Morgan fingerprint density at radius 2 is 1.72 bits per heavy atom. The third kappa shape index (κ3) is 1.95. The molecule has 1 atom stereocenters. The molecule has 0 spiro atoms. The molecule has 2 aromatic carbocycles. The molecule has 5 nitrogen and oxygen atoms in total. The number of carbonyl (C=O) groups excluding carboxylic acids is 2. The highest BCUT2D eigenvalue weighted by Gasteiger charge is 2.46. The Morgan fingerprint density at radius 1 is 1.12 bits per heavy atom. The van der Waals surface area contributed by atoms with Crippen LogP contribution in [0.15, 0.2) is 12.6 Å². The van der Waals surface area contributed by atoms with Crippen LogP contribution in [0, 0.1) is 12.8 Å². The number of Topliss-reactive ketones (excluding diaryl/α,β-unsaturated/α-hetero) is 2. The largest absolute Gasteiger partial charge is 0.507 e. The third-order valence-electron chi connectivity index (χ3n) is 5.33. The lowest BCUT2D eigenvalue weighted by atomic mass is 9.66. The molecule has 5 heteroatoms. The normalized spacial score (nSPS) is 19.1. The Morgan fingerprint density at radius 3 is 2.28 bits per heavy atom. The van der Waals surface area contributed by atoms with Crippen molar-refractivity contribution in [2.24, 2.45) is 5.92 Å². The molecule has 2 aromatic rings. The second kappa shape index (κ2) is 5.09. The van der Waals surface area contributed by atoms with E-state index in [0.29, 0.717) is 11.1 Å². The van der Waals surface area contributed by atoms with Gasteiger partial charge in [0.15, 0.2) is 11.6 Å². The van der Waals surface area contributed by atoms with Gasteiger partial charge in [0, 0.05) is 21.9 Å². The van der Waals surface area contributed by atoms with Gasteiger partial charge in [-0.3, -0.25) is 9.59 Å². The number of carbonyl (C=O) groups is 2. The molecule has 3 N–H and O–H groups in total. The van der Waals surface area contributed by atoms with Crippen LogP contribution in [0.2, 0.25) is 0 Å². The summed E-state index contributed by atoms with van der Waals surface area (Å²) in [5, 5.41) is 32.0. The minimum atomic E-state index is -0.999. The van der Waals surface area contributed by atoms with Crippen LogP contribution in [0.1, 0.15) is 47.8 Å². The zero-order chi connectivity index (χ0) is 18.8. The molecule has 3 rings (SSSR count). The van der Waals surface area contributed by atoms with Crippen LogP contribution in [0.25, 0.3) is 16.8 Å². The lowest BCUT2D eigenvalue weighted by Crippen LogP contribution is -2.43. The number of benzene rings is 2. The molecule has 0 heterocycles. The number of hydrogen-bond donors (Lipinski definition) is 3. The topological polar surface area (TPSA) is 94.8 Å². The highest BCUT2D eigenvalue weighted by molar-refractivity contribution is 6.22. The van der Waals surface area contributed by atoms with Crippen LogP contribution >= 0.6 is 0 Å². The standard InChI is InChI=1S/C20H20O5/c1-6-10-8(2)15(21)11-7-12-14(18(24)13(11)17(10)23)16(22)9(3)19(25)20(12,4)5/h6-7,9,21,23-24H,1H2,2-5H3. The molecular weight excluding hydrogens is 320 g/mol. The molecule has 0 radical (unpaired) electrons. The summed E-state index contributed by atoms with van der Waals surface area (Å²) < 4.78 is 0. The second-order valence-electron chi connectivity index (χ2n) is 7.09. The Balaban J connectivity index is 2.59. The number of ketones is 2. The van der Waals surface area contributed by atoms with E-state index in [2.05, 4.69) is 6.58 Å². The van der Waals surface area contributed by atoms with Crippen LogP contribution in [0.3, 0.4) is 0 Å². The Kier molecular flexibility index (Phi) is 3.46. The van der Waals surface area contributed by atoms with Gasteiger partial charge in [0.1, 0.15) is 17.2 Å². The number of hydrogen-bond acceptors (Lipinski definition) is 5. The lowest BCUT2D eigenvalue weighted by Gasteiger charge is -2.34. The highest BCUT2D eigenvalue weighted by Crippen LogP contribution is 2.50. The average Bonchev–Trinajstić information content (AvgIpc) is 2.56. The zero-order valence-corrected chi connectivity index (χ0v) is 14.6. The van der Waals surface area contributed by atoms with E-state index in [9.17, 15) is 24.9 Å². The number of rotatable bonds is 1. The monoisotopic (exact) mass is 340 g/mol. The summed E-state index contributed by atoms with van der Waals surface area (Å²) in [5.41, 5.74) is 0.0663. The van der Waals surface area contributed by atoms with Crippen molar-refractivity contribution in [3.8, 4) is 17.2 Å². The van der Waals surface area contributed by atoms with Crippen molar-refractivity contribution in [1.82, 2.24) is 0 Å². The summed E-state index contributed by atoms with van der Waals surface area (Å²) in [6.45, 7) is 10.1. The molecule has 1 aliphatic rings. The van der Waals surface area contributed by atoms with Crippen molar-refractivity contribution in [3.05, 3.63) is 34.9 Å². The molecule has 0 aromatic heterocycles. The van der Waals surface area contributed by atoms with E-state index >= 15 is 0 Å². The molecule has 130 valence electrons. The predicted octanol–water partition coefficient (Wildman–Crippen LogP) is 3.59. The maximum Gasteiger partial charge on any atom is 0.177 e. The maximum absolute atomic E-state index is 12.7. The van der Waals surface area contributed by atoms with Crippen molar-refractivity contribution in [1.29, 1.82) is 0 Å². The van der Waals surface area contributed by atoms with Gasteiger partial charge >= 0.3 is 0 Å². The number of aromatic hydroxyl groups is 3. The van der Waals surface area contributed by atoms with Crippen molar-refractivity contribution >= 4 is 28.4 Å². The highest BCUT2D eigenvalue weighted by atomic mass is 16.3. The fourth-order valence-electron chi connectivity index (χ4n) is 3.74. The van der Waals surface area contributed by atoms with E-state index in [1.54, 1.807) is 20.8 Å². The predicted molar refractivity (Wildman–Crippen MR) is 95.3 cm³/mol. The first kappa shape index (κ1) is 17.0. The van der Waals surface area contributed by atoms with Gasteiger partial charge in [0.05, 0.1) is 16.9 Å². The quantitative estimate of drug-likeness (QED) is 0.545. The Hall–Kier alpha value is -2.82. The SMILES string of the molecule is C=Cc1c(C)c(O)c2cc3c(c(O)c2c1O)C(=O)C(C)C(=O)C3(C)C. The third-order valence-corrected chi connectivity index (χ3v) is 5.33. The maximum atomic E-state index is 12.7. The van der Waals surface area contributed by atoms with Crippen LogP contribution < -0.4 is 0 Å². The van der Waals surface area contributed by atoms with Gasteiger partial charge in [-0.1, -0.05) is 12.7 Å². The zero-order valence-electron chi connectivity index (χ0n) is 14.6. The summed E-state index contributed by atoms with van der Waals surface area (Å²) in [5.74, 6) is -2.41. The van der Waals surface area contributed by atoms with Crippen molar-refractivity contribution in [2.45, 2.75) is 33.1 Å². The van der Waals surface area contributed by atoms with Crippen LogP contribution in [0.5, 0.6) is 17.2 Å². The van der Waals surface area contributed by atoms with Gasteiger partial charge in [-0.15, -0.1) is 0 Å². The summed E-state index contributed by atoms with van der Waals surface area (Å²) >= 11 is 0. The molecule has 1 unspecified atom stereocenters. The second-order valence-corrected chi connectivity index (χ2v) is 7.09. The van der Waals surface area contributed by atoms with E-state index < -0.39 is 22.9 Å². The first-order valence-corrected chi connectivity index (χ1v) is 8.01. The van der Waals surface area contributed by atoms with E-state index in [4.69, 9.17) is 0 Å². The van der Waals surface area contributed by atoms with Crippen LogP contribution in [-0.2, 0) is 10.2 Å². The molecule has 1 aliphatic carbocycles. The summed E-state index contributed by atoms with van der Waals surface area (Å²) in [6.07, 6.45) is 1.38. The van der Waals surface area contributed by atoms with Gasteiger partial charge in [0.2, 0.25) is 0 Å². The van der Waals surface area contributed by atoms with Crippen LogP contribution in [0.4, 0.5) is 0 Å². The van der Waals surface area contributed by atoms with Gasteiger partial charge in [-0.25, -0.2) is 0 Å². The van der Waals surface area contributed by atoms with Gasteiger partial charge < -0.3 is 15.3 Å². The molecule has 0 bridgehead atoms. The fraction of sp³-hybridized carbons (Fsp3) is 0.300. The minimum absolute atomic E-state index is 0.0116. The number of fused-ring (bicyclic) bond motifs is 2. The molecular formula is C20H20O5. The Labute approximate surface area is 145 Å². The lowest BCUT2D eigenvalue weighted by molar-refractivity contribution is -0.126. The van der Waals surface area contributed by atoms with E-state index in [1.807, 2.05) is 0 Å². The minimum Gasteiger partial charge on any atom is -0.507 e. The molecule has 0 fully saturated rings. The van der Waals surface area contributed by atoms with Gasteiger partial charge in [-0.05, 0) is 39.3 Å².